The maximum Gasteiger partial charge on any atom is 0.191 e. The molecule has 0 saturated heterocycles. The fraction of sp³-hybridized carbons (Fsp3) is 0.467. The predicted octanol–water partition coefficient (Wildman–Crippen LogP) is 1.43. The molecule has 2 aromatic heterocycles. The molecule has 2 aromatic rings. The van der Waals surface area contributed by atoms with Gasteiger partial charge in [-0.15, -0.1) is 24.0 Å². The summed E-state index contributed by atoms with van der Waals surface area (Å²) in [6.45, 7) is 6.26. The number of hydrogen-bond acceptors (Lipinski definition) is 4. The average molecular weight is 429 g/mol. The highest BCUT2D eigenvalue weighted by atomic mass is 127. The van der Waals surface area contributed by atoms with Gasteiger partial charge in [0.15, 0.2) is 5.96 Å². The Morgan fingerprint density at radius 3 is 2.83 bits per heavy atom. The molecule has 0 aromatic carbocycles. The molecule has 0 unspecified atom stereocenters. The van der Waals surface area contributed by atoms with Gasteiger partial charge in [0.05, 0.1) is 0 Å². The van der Waals surface area contributed by atoms with Gasteiger partial charge in [-0.25, -0.2) is 9.98 Å². The van der Waals surface area contributed by atoms with E-state index in [0.717, 1.165) is 31.3 Å². The van der Waals surface area contributed by atoms with Crippen molar-refractivity contribution in [3.05, 3.63) is 41.7 Å². The lowest BCUT2D eigenvalue weighted by Gasteiger charge is -2.12. The first-order valence-corrected chi connectivity index (χ1v) is 7.45. The van der Waals surface area contributed by atoms with Crippen molar-refractivity contribution in [1.82, 2.24) is 30.4 Å². The molecule has 0 aliphatic carbocycles. The molecule has 0 saturated carbocycles. The molecule has 0 bridgehead atoms. The van der Waals surface area contributed by atoms with E-state index >= 15 is 0 Å². The van der Waals surface area contributed by atoms with Crippen LogP contribution in [0.2, 0.25) is 0 Å². The molecule has 0 spiro atoms. The lowest BCUT2D eigenvalue weighted by molar-refractivity contribution is 0.697. The van der Waals surface area contributed by atoms with E-state index in [-0.39, 0.29) is 24.0 Å². The Hall–Kier alpha value is -1.71. The third-order valence-electron chi connectivity index (χ3n) is 3.35. The number of aromatic nitrogens is 4. The lowest BCUT2D eigenvalue weighted by atomic mass is 10.1. The summed E-state index contributed by atoms with van der Waals surface area (Å²) in [4.78, 5) is 12.8. The fourth-order valence-corrected chi connectivity index (χ4v) is 2.05. The Morgan fingerprint density at radius 1 is 1.35 bits per heavy atom. The summed E-state index contributed by atoms with van der Waals surface area (Å²) in [6.07, 6.45) is 6.19. The van der Waals surface area contributed by atoms with E-state index in [1.807, 2.05) is 26.4 Å². The number of aliphatic imine (C=N–C) groups is 1. The highest BCUT2D eigenvalue weighted by molar-refractivity contribution is 14.0. The number of rotatable bonds is 6. The Morgan fingerprint density at radius 2 is 2.17 bits per heavy atom. The Bertz CT molecular complexity index is 624. The first kappa shape index (κ1) is 19.3. The quantitative estimate of drug-likeness (QED) is 0.413. The number of hydrogen-bond donors (Lipinski definition) is 2. The smallest absolute Gasteiger partial charge is 0.191 e. The van der Waals surface area contributed by atoms with Crippen LogP contribution in [0.25, 0.3) is 0 Å². The van der Waals surface area contributed by atoms with E-state index in [1.54, 1.807) is 4.68 Å². The minimum absolute atomic E-state index is 0. The van der Waals surface area contributed by atoms with E-state index in [4.69, 9.17) is 0 Å². The van der Waals surface area contributed by atoms with Crippen LogP contribution in [-0.2, 0) is 20.0 Å². The normalized spacial score (nSPS) is 11.0. The molecule has 0 amide bonds. The topological polar surface area (TPSA) is 80.0 Å². The second-order valence-electron chi connectivity index (χ2n) is 4.97. The number of guanidine groups is 1. The third kappa shape index (κ3) is 6.12. The molecule has 0 atom stereocenters. The summed E-state index contributed by atoms with van der Waals surface area (Å²) in [5.41, 5.74) is 2.51. The molecule has 0 radical (unpaired) electrons. The predicted molar refractivity (Wildman–Crippen MR) is 102 cm³/mol. The van der Waals surface area contributed by atoms with Crippen molar-refractivity contribution in [2.24, 2.45) is 12.0 Å². The van der Waals surface area contributed by atoms with Crippen LogP contribution >= 0.6 is 24.0 Å². The molecule has 2 N–H and O–H groups in total. The van der Waals surface area contributed by atoms with Gasteiger partial charge in [-0.1, -0.05) is 0 Å². The van der Waals surface area contributed by atoms with Gasteiger partial charge in [0.2, 0.25) is 0 Å². The Balaban J connectivity index is 0.00000264. The van der Waals surface area contributed by atoms with Gasteiger partial charge in [-0.2, -0.15) is 5.10 Å². The number of pyridine rings is 1. The molecule has 0 aliphatic rings. The number of nitrogens with one attached hydrogen (secondary N) is 2. The molecule has 7 nitrogen and oxygen atoms in total. The van der Waals surface area contributed by atoms with E-state index in [2.05, 4.69) is 43.7 Å². The number of nitrogens with zero attached hydrogens (tertiary/aromatic N) is 5. The van der Waals surface area contributed by atoms with E-state index in [0.29, 0.717) is 6.54 Å². The summed E-state index contributed by atoms with van der Waals surface area (Å²) in [7, 11) is 1.87. The zero-order valence-electron chi connectivity index (χ0n) is 13.8. The molecule has 2 heterocycles. The molecule has 2 rings (SSSR count). The maximum absolute atomic E-state index is 4.53. The van der Waals surface area contributed by atoms with Gasteiger partial charge in [0.1, 0.15) is 18.7 Å². The molecule has 0 aliphatic heterocycles. The van der Waals surface area contributed by atoms with Crippen LogP contribution < -0.4 is 10.6 Å². The van der Waals surface area contributed by atoms with E-state index in [1.165, 1.54) is 17.5 Å². The first-order valence-electron chi connectivity index (χ1n) is 7.45. The molecular formula is C15H24IN7. The Kier molecular flexibility index (Phi) is 8.52. The van der Waals surface area contributed by atoms with Crippen LogP contribution in [-0.4, -0.2) is 38.8 Å². The van der Waals surface area contributed by atoms with Crippen LogP contribution in [0.1, 0.15) is 23.9 Å². The van der Waals surface area contributed by atoms with Gasteiger partial charge >= 0.3 is 0 Å². The second-order valence-corrected chi connectivity index (χ2v) is 4.97. The molecule has 23 heavy (non-hydrogen) atoms. The van der Waals surface area contributed by atoms with Crippen LogP contribution in [0.5, 0.6) is 0 Å². The highest BCUT2D eigenvalue weighted by Gasteiger charge is 2.02. The summed E-state index contributed by atoms with van der Waals surface area (Å²) in [5.74, 6) is 1.62. The fourth-order valence-electron chi connectivity index (χ4n) is 2.05. The maximum atomic E-state index is 4.53. The van der Waals surface area contributed by atoms with Crippen LogP contribution in [0.4, 0.5) is 0 Å². The highest BCUT2D eigenvalue weighted by Crippen LogP contribution is 2.04. The van der Waals surface area contributed by atoms with Gasteiger partial charge < -0.3 is 10.6 Å². The van der Waals surface area contributed by atoms with Gasteiger partial charge in [0, 0.05) is 32.5 Å². The van der Waals surface area contributed by atoms with Crippen molar-refractivity contribution in [3.63, 3.8) is 0 Å². The van der Waals surface area contributed by atoms with Crippen molar-refractivity contribution < 1.29 is 0 Å². The first-order chi connectivity index (χ1) is 10.7. The van der Waals surface area contributed by atoms with Crippen molar-refractivity contribution in [2.45, 2.75) is 26.8 Å². The zero-order chi connectivity index (χ0) is 15.8. The van der Waals surface area contributed by atoms with Crippen molar-refractivity contribution in [3.8, 4) is 0 Å². The Labute approximate surface area is 154 Å². The van der Waals surface area contributed by atoms with E-state index in [9.17, 15) is 0 Å². The SMILES string of the molecule is CCNC(=NCc1ncnn1C)NCCc1ccncc1C.I. The lowest BCUT2D eigenvalue weighted by Crippen LogP contribution is -2.38. The van der Waals surface area contributed by atoms with Gasteiger partial charge in [0.25, 0.3) is 0 Å². The standard InChI is InChI=1S/C15H23N7.HI/c1-4-17-15(19-10-14-20-11-21-22(14)3)18-8-6-13-5-7-16-9-12(13)2;/h5,7,9,11H,4,6,8,10H2,1-3H3,(H2,17,18,19);1H. The van der Waals surface area contributed by atoms with Crippen LogP contribution in [0.15, 0.2) is 29.8 Å². The molecular weight excluding hydrogens is 405 g/mol. The molecule has 8 heteroatoms. The monoisotopic (exact) mass is 429 g/mol. The van der Waals surface area contributed by atoms with Crippen molar-refractivity contribution >= 4 is 29.9 Å². The van der Waals surface area contributed by atoms with Gasteiger partial charge in [-0.05, 0) is 37.5 Å². The molecule has 126 valence electrons. The molecule has 0 fully saturated rings. The van der Waals surface area contributed by atoms with Crippen LogP contribution in [0, 0.1) is 6.92 Å². The second kappa shape index (κ2) is 10.1. The van der Waals surface area contributed by atoms with Crippen molar-refractivity contribution in [1.29, 1.82) is 0 Å². The third-order valence-corrected chi connectivity index (χ3v) is 3.35. The van der Waals surface area contributed by atoms with Crippen molar-refractivity contribution in [2.75, 3.05) is 13.1 Å². The minimum atomic E-state index is 0. The summed E-state index contributed by atoms with van der Waals surface area (Å²) in [5, 5.41) is 10.6. The summed E-state index contributed by atoms with van der Waals surface area (Å²) < 4.78 is 1.73. The minimum Gasteiger partial charge on any atom is -0.357 e. The summed E-state index contributed by atoms with van der Waals surface area (Å²) in [6, 6.07) is 2.06. The van der Waals surface area contributed by atoms with E-state index < -0.39 is 0 Å². The van der Waals surface area contributed by atoms with Crippen LogP contribution in [0.3, 0.4) is 0 Å². The summed E-state index contributed by atoms with van der Waals surface area (Å²) >= 11 is 0. The number of halogens is 1. The zero-order valence-corrected chi connectivity index (χ0v) is 16.1. The largest absolute Gasteiger partial charge is 0.357 e. The average Bonchev–Trinajstić information content (AvgIpc) is 2.92. The van der Waals surface area contributed by atoms with Gasteiger partial charge in [-0.3, -0.25) is 9.67 Å². The number of aryl methyl sites for hydroxylation is 2.